The second-order valence-electron chi connectivity index (χ2n) is 5.33. The Hall–Kier alpha value is -2.41. The quantitative estimate of drug-likeness (QED) is 0.512. The van der Waals surface area contributed by atoms with Crippen molar-refractivity contribution in [1.29, 1.82) is 0 Å². The van der Waals surface area contributed by atoms with E-state index < -0.39 is 29.9 Å². The third kappa shape index (κ3) is 7.96. The zero-order valence-electron chi connectivity index (χ0n) is 12.6. The Balaban J connectivity index is 2.37. The van der Waals surface area contributed by atoms with Crippen LogP contribution in [0.5, 0.6) is 0 Å². The lowest BCUT2D eigenvalue weighted by Gasteiger charge is -2.14. The number of hydrogen-bond donors (Lipinski definition) is 4. The first-order valence-electron chi connectivity index (χ1n) is 7.31. The van der Waals surface area contributed by atoms with Crippen LogP contribution in [0.4, 0.5) is 0 Å². The molecule has 7 heteroatoms. The summed E-state index contributed by atoms with van der Waals surface area (Å²) in [6.45, 7) is 0.224. The van der Waals surface area contributed by atoms with E-state index in [9.17, 15) is 19.5 Å². The normalized spacial score (nSPS) is 11.9. The minimum absolute atomic E-state index is 0.167. The van der Waals surface area contributed by atoms with Gasteiger partial charge < -0.3 is 20.6 Å². The molecule has 1 atom stereocenters. The van der Waals surface area contributed by atoms with Crippen LogP contribution in [-0.4, -0.2) is 39.7 Å². The summed E-state index contributed by atoms with van der Waals surface area (Å²) in [4.78, 5) is 33.1. The van der Waals surface area contributed by atoms with E-state index >= 15 is 0 Å². The number of carboxylic acid groups (broad SMARTS) is 2. The number of rotatable bonds is 10. The third-order valence-corrected chi connectivity index (χ3v) is 3.32. The van der Waals surface area contributed by atoms with Gasteiger partial charge in [0.2, 0.25) is 5.91 Å². The van der Waals surface area contributed by atoms with Crippen molar-refractivity contribution < 1.29 is 29.7 Å². The maximum Gasteiger partial charge on any atom is 0.303 e. The number of carbonyl (C=O) groups excluding carboxylic acids is 1. The molecule has 1 amide bonds. The zero-order valence-corrected chi connectivity index (χ0v) is 12.6. The predicted molar refractivity (Wildman–Crippen MR) is 81.6 cm³/mol. The van der Waals surface area contributed by atoms with E-state index in [4.69, 9.17) is 10.2 Å². The number of aliphatic carboxylic acids is 2. The van der Waals surface area contributed by atoms with Gasteiger partial charge >= 0.3 is 11.9 Å². The molecule has 0 radical (unpaired) electrons. The van der Waals surface area contributed by atoms with Crippen LogP contribution in [0.15, 0.2) is 30.3 Å². The van der Waals surface area contributed by atoms with E-state index in [2.05, 4.69) is 5.32 Å². The highest BCUT2D eigenvalue weighted by atomic mass is 16.4. The van der Waals surface area contributed by atoms with Crippen molar-refractivity contribution in [2.75, 3.05) is 6.54 Å². The summed E-state index contributed by atoms with van der Waals surface area (Å²) in [5.74, 6) is -3.44. The number of carbonyl (C=O) groups is 3. The molecule has 0 saturated heterocycles. The van der Waals surface area contributed by atoms with E-state index in [-0.39, 0.29) is 25.8 Å². The molecular weight excluding hydrogens is 302 g/mol. The molecule has 0 aliphatic heterocycles. The van der Waals surface area contributed by atoms with Gasteiger partial charge in [-0.15, -0.1) is 0 Å². The summed E-state index contributed by atoms with van der Waals surface area (Å²) in [6, 6.07) is 9.01. The van der Waals surface area contributed by atoms with Crippen LogP contribution in [0.3, 0.4) is 0 Å². The fourth-order valence-corrected chi connectivity index (χ4v) is 2.23. The highest BCUT2D eigenvalue weighted by Gasteiger charge is 2.20. The lowest BCUT2D eigenvalue weighted by atomic mass is 9.97. The number of aliphatic hydroxyl groups excluding tert-OH is 1. The van der Waals surface area contributed by atoms with Crippen LogP contribution in [0.1, 0.15) is 37.4 Å². The summed E-state index contributed by atoms with van der Waals surface area (Å²) in [5, 5.41) is 30.0. The number of aliphatic hydroxyl groups is 1. The minimum atomic E-state index is -1.14. The van der Waals surface area contributed by atoms with Crippen LogP contribution in [-0.2, 0) is 14.4 Å². The lowest BCUT2D eigenvalue weighted by molar-refractivity contribution is -0.140. The molecule has 1 rings (SSSR count). The molecule has 1 unspecified atom stereocenters. The zero-order chi connectivity index (χ0) is 17.2. The fourth-order valence-electron chi connectivity index (χ4n) is 2.23. The molecule has 0 fully saturated rings. The summed E-state index contributed by atoms with van der Waals surface area (Å²) in [5.41, 5.74) is 0.747. The molecule has 1 aromatic carbocycles. The van der Waals surface area contributed by atoms with Gasteiger partial charge in [-0.05, 0) is 17.9 Å². The molecule has 0 bridgehead atoms. The van der Waals surface area contributed by atoms with Gasteiger partial charge in [0.1, 0.15) is 0 Å². The molecule has 0 saturated carbocycles. The second kappa shape index (κ2) is 9.58. The highest BCUT2D eigenvalue weighted by molar-refractivity contribution is 5.78. The topological polar surface area (TPSA) is 124 Å². The van der Waals surface area contributed by atoms with E-state index in [1.807, 2.05) is 6.07 Å². The smallest absolute Gasteiger partial charge is 0.303 e. The Labute approximate surface area is 133 Å². The Bertz CT molecular complexity index is 515. The lowest BCUT2D eigenvalue weighted by Crippen LogP contribution is -2.28. The number of carboxylic acids is 2. The summed E-state index contributed by atoms with van der Waals surface area (Å²) in [6.07, 6.45) is -1.29. The monoisotopic (exact) mass is 323 g/mol. The number of amides is 1. The van der Waals surface area contributed by atoms with E-state index in [1.165, 1.54) is 0 Å². The Kier molecular flexibility index (Phi) is 7.76. The fraction of sp³-hybridized carbons (Fsp3) is 0.438. The second-order valence-corrected chi connectivity index (χ2v) is 5.33. The first-order chi connectivity index (χ1) is 10.9. The van der Waals surface area contributed by atoms with Crippen molar-refractivity contribution in [1.82, 2.24) is 5.32 Å². The van der Waals surface area contributed by atoms with Gasteiger partial charge in [-0.1, -0.05) is 30.3 Å². The van der Waals surface area contributed by atoms with E-state index in [1.54, 1.807) is 24.3 Å². The molecule has 0 heterocycles. The highest BCUT2D eigenvalue weighted by Crippen LogP contribution is 2.16. The largest absolute Gasteiger partial charge is 0.481 e. The molecule has 0 aromatic heterocycles. The first kappa shape index (κ1) is 18.6. The Morgan fingerprint density at radius 1 is 0.957 bits per heavy atom. The Morgan fingerprint density at radius 3 is 2.04 bits per heavy atom. The number of benzene rings is 1. The molecule has 4 N–H and O–H groups in total. The van der Waals surface area contributed by atoms with Gasteiger partial charge in [0.15, 0.2) is 0 Å². The van der Waals surface area contributed by atoms with Crippen molar-refractivity contribution in [3.63, 3.8) is 0 Å². The van der Waals surface area contributed by atoms with Gasteiger partial charge in [0.25, 0.3) is 0 Å². The minimum Gasteiger partial charge on any atom is -0.481 e. The van der Waals surface area contributed by atoms with E-state index in [0.717, 1.165) is 5.56 Å². The van der Waals surface area contributed by atoms with Crippen LogP contribution in [0.2, 0.25) is 0 Å². The molecule has 0 spiro atoms. The Morgan fingerprint density at radius 2 is 1.52 bits per heavy atom. The number of hydrogen-bond acceptors (Lipinski definition) is 4. The van der Waals surface area contributed by atoms with Crippen LogP contribution in [0, 0.1) is 5.92 Å². The summed E-state index contributed by atoms with van der Waals surface area (Å²) >= 11 is 0. The van der Waals surface area contributed by atoms with E-state index in [0.29, 0.717) is 6.42 Å². The average Bonchev–Trinajstić information content (AvgIpc) is 2.46. The van der Waals surface area contributed by atoms with Gasteiger partial charge in [0, 0.05) is 25.8 Å². The SMILES string of the molecule is O=C(O)CC(CC(=O)O)CC(=O)NCCC(O)c1ccccc1. The van der Waals surface area contributed by atoms with Crippen LogP contribution in [0.25, 0.3) is 0 Å². The average molecular weight is 323 g/mol. The van der Waals surface area contributed by atoms with Gasteiger partial charge in [-0.3, -0.25) is 14.4 Å². The number of nitrogens with one attached hydrogen (secondary N) is 1. The molecule has 1 aromatic rings. The maximum atomic E-state index is 11.8. The van der Waals surface area contributed by atoms with Crippen molar-refractivity contribution >= 4 is 17.8 Å². The van der Waals surface area contributed by atoms with Crippen LogP contribution < -0.4 is 5.32 Å². The standard InChI is InChI=1S/C16H21NO6/c18-13(12-4-2-1-3-5-12)6-7-17-14(19)8-11(9-15(20)21)10-16(22)23/h1-5,11,13,18H,6-10H2,(H,17,19)(H,20,21)(H,22,23). The molecule has 0 aliphatic rings. The van der Waals surface area contributed by atoms with Crippen molar-refractivity contribution in [3.8, 4) is 0 Å². The third-order valence-electron chi connectivity index (χ3n) is 3.32. The molecular formula is C16H21NO6. The molecule has 126 valence electrons. The summed E-state index contributed by atoms with van der Waals surface area (Å²) < 4.78 is 0. The van der Waals surface area contributed by atoms with Crippen molar-refractivity contribution in [2.24, 2.45) is 5.92 Å². The van der Waals surface area contributed by atoms with Crippen molar-refractivity contribution in [3.05, 3.63) is 35.9 Å². The maximum absolute atomic E-state index is 11.8. The predicted octanol–water partition coefficient (Wildman–Crippen LogP) is 1.18. The molecule has 0 aliphatic carbocycles. The van der Waals surface area contributed by atoms with Crippen LogP contribution >= 0.6 is 0 Å². The van der Waals surface area contributed by atoms with Gasteiger partial charge in [0.05, 0.1) is 6.10 Å². The van der Waals surface area contributed by atoms with Crippen molar-refractivity contribution in [2.45, 2.75) is 31.8 Å². The first-order valence-corrected chi connectivity index (χ1v) is 7.31. The van der Waals surface area contributed by atoms with Gasteiger partial charge in [-0.2, -0.15) is 0 Å². The summed E-state index contributed by atoms with van der Waals surface area (Å²) in [7, 11) is 0. The molecule has 7 nitrogen and oxygen atoms in total. The molecule has 23 heavy (non-hydrogen) atoms. The van der Waals surface area contributed by atoms with Gasteiger partial charge in [-0.25, -0.2) is 0 Å².